The van der Waals surface area contributed by atoms with Crippen molar-refractivity contribution in [1.82, 2.24) is 14.5 Å². The average Bonchev–Trinajstić information content (AvgIpc) is 3.65. The summed E-state index contributed by atoms with van der Waals surface area (Å²) in [4.78, 5) is 9.88. The van der Waals surface area contributed by atoms with E-state index < -0.39 is 0 Å². The minimum atomic E-state index is 0.461. The third-order valence-electron chi connectivity index (χ3n) is 8.67. The third kappa shape index (κ3) is 4.12. The van der Waals surface area contributed by atoms with Gasteiger partial charge < -0.3 is 4.57 Å². The van der Waals surface area contributed by atoms with E-state index in [2.05, 4.69) is 95.6 Å². The number of benzene rings is 6. The summed E-state index contributed by atoms with van der Waals surface area (Å²) >= 11 is 1.83. The number of rotatable bonds is 4. The van der Waals surface area contributed by atoms with E-state index >= 15 is 0 Å². The molecular formula is C41H24N4S. The first-order valence-corrected chi connectivity index (χ1v) is 16.0. The van der Waals surface area contributed by atoms with Gasteiger partial charge in [-0.25, -0.2) is 9.97 Å². The van der Waals surface area contributed by atoms with Crippen LogP contribution in [0.25, 0.3) is 81.6 Å². The van der Waals surface area contributed by atoms with Crippen LogP contribution in [0, 0.1) is 11.3 Å². The second kappa shape index (κ2) is 10.5. The van der Waals surface area contributed by atoms with Gasteiger partial charge in [0, 0.05) is 53.3 Å². The molecule has 0 radical (unpaired) electrons. The Labute approximate surface area is 269 Å². The zero-order chi connectivity index (χ0) is 30.6. The number of hydrogen-bond donors (Lipinski definition) is 0. The summed E-state index contributed by atoms with van der Waals surface area (Å²) < 4.78 is 4.91. The molecule has 0 atom stereocenters. The maximum Gasteiger partial charge on any atom is 0.160 e. The summed E-state index contributed by atoms with van der Waals surface area (Å²) in [6.07, 6.45) is 0. The summed E-state index contributed by atoms with van der Waals surface area (Å²) in [5, 5.41) is 15.5. The van der Waals surface area contributed by atoms with Gasteiger partial charge in [0.15, 0.2) is 5.82 Å². The van der Waals surface area contributed by atoms with Crippen LogP contribution in [-0.4, -0.2) is 14.5 Å². The molecule has 9 aromatic rings. The van der Waals surface area contributed by atoms with E-state index in [4.69, 9.17) is 9.97 Å². The fourth-order valence-corrected chi connectivity index (χ4v) is 7.65. The highest BCUT2D eigenvalue weighted by atomic mass is 32.1. The van der Waals surface area contributed by atoms with E-state index in [1.54, 1.807) is 0 Å². The largest absolute Gasteiger partial charge is 0.309 e. The van der Waals surface area contributed by atoms with Gasteiger partial charge >= 0.3 is 0 Å². The molecule has 0 spiro atoms. The Balaban J connectivity index is 1.24. The summed E-state index contributed by atoms with van der Waals surface area (Å²) in [5.41, 5.74) is 7.74. The van der Waals surface area contributed by atoms with Crippen molar-refractivity contribution >= 4 is 53.3 Å². The van der Waals surface area contributed by atoms with Crippen molar-refractivity contribution in [3.63, 3.8) is 0 Å². The number of nitrogens with zero attached hydrogens (tertiary/aromatic N) is 4. The van der Waals surface area contributed by atoms with Gasteiger partial charge in [0.1, 0.15) is 11.6 Å². The first kappa shape index (κ1) is 26.3. The van der Waals surface area contributed by atoms with Crippen molar-refractivity contribution in [3.8, 4) is 45.7 Å². The van der Waals surface area contributed by atoms with Crippen LogP contribution in [0.15, 0.2) is 146 Å². The van der Waals surface area contributed by atoms with Gasteiger partial charge in [-0.2, -0.15) is 5.26 Å². The number of para-hydroxylation sites is 1. The molecule has 0 N–H and O–H groups in total. The molecule has 6 aromatic carbocycles. The normalized spacial score (nSPS) is 11.5. The number of fused-ring (bicyclic) bond motifs is 6. The van der Waals surface area contributed by atoms with E-state index in [0.717, 1.165) is 27.9 Å². The molecule has 4 nitrogen and oxygen atoms in total. The van der Waals surface area contributed by atoms with Gasteiger partial charge in [0.05, 0.1) is 22.4 Å². The lowest BCUT2D eigenvalue weighted by Gasteiger charge is -2.13. The number of nitriles is 1. The molecule has 0 aliphatic carbocycles. The first-order chi connectivity index (χ1) is 22.8. The highest BCUT2D eigenvalue weighted by molar-refractivity contribution is 7.25. The van der Waals surface area contributed by atoms with E-state index in [9.17, 15) is 5.26 Å². The second-order valence-electron chi connectivity index (χ2n) is 11.3. The smallest absolute Gasteiger partial charge is 0.160 e. The van der Waals surface area contributed by atoms with Gasteiger partial charge in [-0.15, -0.1) is 11.3 Å². The molecular weight excluding hydrogens is 581 g/mol. The molecule has 3 aromatic heterocycles. The summed E-state index contributed by atoms with van der Waals surface area (Å²) in [6, 6.07) is 52.6. The highest BCUT2D eigenvalue weighted by Crippen LogP contribution is 2.41. The van der Waals surface area contributed by atoms with Gasteiger partial charge in [-0.05, 0) is 36.4 Å². The molecule has 0 unspecified atom stereocenters. The molecule has 0 aliphatic rings. The average molecular weight is 605 g/mol. The predicted octanol–water partition coefficient (Wildman–Crippen LogP) is 10.8. The summed E-state index contributed by atoms with van der Waals surface area (Å²) in [7, 11) is 0. The zero-order valence-electron chi connectivity index (χ0n) is 24.6. The van der Waals surface area contributed by atoms with Crippen LogP contribution in [0.3, 0.4) is 0 Å². The zero-order valence-corrected chi connectivity index (χ0v) is 25.4. The molecule has 0 aliphatic heterocycles. The lowest BCUT2D eigenvalue weighted by Crippen LogP contribution is -2.01. The molecule has 0 saturated carbocycles. The Kier molecular flexibility index (Phi) is 6.02. The maximum absolute atomic E-state index is 10.4. The third-order valence-corrected chi connectivity index (χ3v) is 9.80. The Morgan fingerprint density at radius 2 is 1.11 bits per heavy atom. The van der Waals surface area contributed by atoms with E-state index in [1.807, 2.05) is 72.0 Å². The minimum Gasteiger partial charge on any atom is -0.309 e. The van der Waals surface area contributed by atoms with Gasteiger partial charge in [-0.3, -0.25) is 0 Å². The fourth-order valence-electron chi connectivity index (χ4n) is 6.53. The van der Waals surface area contributed by atoms with Crippen LogP contribution in [0.4, 0.5) is 0 Å². The van der Waals surface area contributed by atoms with Crippen LogP contribution in [-0.2, 0) is 0 Å². The highest BCUT2D eigenvalue weighted by Gasteiger charge is 2.20. The number of hydrogen-bond acceptors (Lipinski definition) is 4. The minimum absolute atomic E-state index is 0.461. The summed E-state index contributed by atoms with van der Waals surface area (Å²) in [6.45, 7) is 0. The van der Waals surface area contributed by atoms with Crippen molar-refractivity contribution in [2.24, 2.45) is 0 Å². The molecule has 9 rings (SSSR count). The maximum atomic E-state index is 10.4. The van der Waals surface area contributed by atoms with E-state index in [0.29, 0.717) is 22.8 Å². The molecule has 0 fully saturated rings. The SMILES string of the molecule is N#Cc1c(-c2ccccc2)nc(-c2ccccc2)nc1-c1ccc(-n2c3ccccc3c3cc4c(cc32)sc2ccccc24)cc1. The molecule has 0 amide bonds. The van der Waals surface area contributed by atoms with Gasteiger partial charge in [0.25, 0.3) is 0 Å². The van der Waals surface area contributed by atoms with Crippen molar-refractivity contribution in [2.45, 2.75) is 0 Å². The van der Waals surface area contributed by atoms with E-state index in [1.165, 1.54) is 36.5 Å². The quantitative estimate of drug-likeness (QED) is 0.201. The fraction of sp³-hybridized carbons (Fsp3) is 0. The van der Waals surface area contributed by atoms with Crippen molar-refractivity contribution in [1.29, 1.82) is 5.26 Å². The molecule has 0 bridgehead atoms. The Hall–Kier alpha value is -6.09. The first-order valence-electron chi connectivity index (χ1n) is 15.1. The molecule has 0 saturated heterocycles. The monoisotopic (exact) mass is 604 g/mol. The number of aromatic nitrogens is 3. The predicted molar refractivity (Wildman–Crippen MR) is 190 cm³/mol. The van der Waals surface area contributed by atoms with Crippen molar-refractivity contribution < 1.29 is 0 Å². The van der Waals surface area contributed by atoms with Gasteiger partial charge in [-0.1, -0.05) is 109 Å². The molecule has 3 heterocycles. The topological polar surface area (TPSA) is 54.5 Å². The number of thiophene rings is 1. The second-order valence-corrected chi connectivity index (χ2v) is 12.4. The molecule has 5 heteroatoms. The van der Waals surface area contributed by atoms with Crippen LogP contribution >= 0.6 is 11.3 Å². The van der Waals surface area contributed by atoms with Crippen LogP contribution in [0.2, 0.25) is 0 Å². The lowest BCUT2D eigenvalue weighted by molar-refractivity contribution is 1.16. The van der Waals surface area contributed by atoms with Crippen molar-refractivity contribution in [2.75, 3.05) is 0 Å². The Morgan fingerprint density at radius 1 is 0.500 bits per heavy atom. The van der Waals surface area contributed by atoms with Gasteiger partial charge in [0.2, 0.25) is 0 Å². The van der Waals surface area contributed by atoms with Crippen LogP contribution in [0.1, 0.15) is 5.56 Å². The molecule has 214 valence electrons. The Morgan fingerprint density at radius 3 is 1.83 bits per heavy atom. The lowest BCUT2D eigenvalue weighted by atomic mass is 10.00. The van der Waals surface area contributed by atoms with Crippen LogP contribution < -0.4 is 0 Å². The van der Waals surface area contributed by atoms with Crippen LogP contribution in [0.5, 0.6) is 0 Å². The molecule has 46 heavy (non-hydrogen) atoms. The summed E-state index contributed by atoms with van der Waals surface area (Å²) in [5.74, 6) is 0.590. The van der Waals surface area contributed by atoms with Crippen molar-refractivity contribution in [3.05, 3.63) is 151 Å². The Bertz CT molecular complexity index is 2630. The van der Waals surface area contributed by atoms with E-state index in [-0.39, 0.29) is 0 Å². The standard InChI is InChI=1S/C41H24N4S/c42-25-34-39(26-11-3-1-4-12-26)43-41(28-13-5-2-6-14-28)44-40(34)27-19-21-29(22-20-27)45-35-17-9-7-15-30(35)32-23-33-31-16-8-10-18-37(31)46-38(33)24-36(32)45/h1-24H.